The summed E-state index contributed by atoms with van der Waals surface area (Å²) in [5.41, 5.74) is 0.856. The summed E-state index contributed by atoms with van der Waals surface area (Å²) in [5.74, 6) is -1.11. The predicted octanol–water partition coefficient (Wildman–Crippen LogP) is 2.99. The van der Waals surface area contributed by atoms with Gasteiger partial charge in [-0.25, -0.2) is 8.42 Å². The van der Waals surface area contributed by atoms with E-state index in [1.165, 1.54) is 12.1 Å². The first kappa shape index (κ1) is 16.5. The minimum atomic E-state index is -3.63. The molecule has 1 amide bonds. The van der Waals surface area contributed by atoms with E-state index in [4.69, 9.17) is 11.6 Å². The molecule has 0 saturated heterocycles. The summed E-state index contributed by atoms with van der Waals surface area (Å²) in [7, 11) is -3.63. The summed E-state index contributed by atoms with van der Waals surface area (Å²) in [6.45, 7) is 1.79. The zero-order valence-electron chi connectivity index (χ0n) is 12.0. The molecule has 0 aliphatic heterocycles. The van der Waals surface area contributed by atoms with Crippen molar-refractivity contribution in [1.29, 1.82) is 0 Å². The number of amides is 1. The van der Waals surface area contributed by atoms with Gasteiger partial charge in [-0.15, -0.1) is 0 Å². The molecule has 0 saturated carbocycles. The summed E-state index contributed by atoms with van der Waals surface area (Å²) < 4.78 is 24.3. The van der Waals surface area contributed by atoms with Crippen LogP contribution < -0.4 is 5.32 Å². The highest BCUT2D eigenvalue weighted by Gasteiger charge is 2.20. The summed E-state index contributed by atoms with van der Waals surface area (Å²) >= 11 is 5.81. The lowest BCUT2D eigenvalue weighted by Gasteiger charge is -2.14. The standard InChI is InChI=1S/C16H16ClNO3S/c1-12(13-7-9-14(17)10-8-13)18-16(19)11-22(20,21)15-5-3-2-4-6-15/h2-10,12H,11H2,1H3,(H,18,19). The van der Waals surface area contributed by atoms with Crippen LogP contribution in [0.1, 0.15) is 18.5 Å². The largest absolute Gasteiger partial charge is 0.349 e. The molecule has 0 bridgehead atoms. The average Bonchev–Trinajstić information content (AvgIpc) is 2.48. The van der Waals surface area contributed by atoms with Crippen molar-refractivity contribution in [2.75, 3.05) is 5.75 Å². The van der Waals surface area contributed by atoms with Gasteiger partial charge >= 0.3 is 0 Å². The first-order chi connectivity index (χ1) is 10.4. The van der Waals surface area contributed by atoms with Crippen LogP contribution in [0, 0.1) is 0 Å². The first-order valence-corrected chi connectivity index (χ1v) is 8.74. The average molecular weight is 338 g/mol. The third-order valence-corrected chi connectivity index (χ3v) is 5.06. The van der Waals surface area contributed by atoms with Crippen molar-refractivity contribution in [2.45, 2.75) is 17.9 Å². The topological polar surface area (TPSA) is 63.2 Å². The molecule has 2 aromatic carbocycles. The van der Waals surface area contributed by atoms with Gasteiger partial charge in [0.15, 0.2) is 9.84 Å². The van der Waals surface area contributed by atoms with Crippen molar-refractivity contribution in [3.63, 3.8) is 0 Å². The van der Waals surface area contributed by atoms with Gasteiger partial charge in [0.25, 0.3) is 0 Å². The Hall–Kier alpha value is -1.85. The molecule has 0 radical (unpaired) electrons. The molecule has 1 atom stereocenters. The molecule has 0 aliphatic carbocycles. The van der Waals surface area contributed by atoms with Crippen molar-refractivity contribution < 1.29 is 13.2 Å². The summed E-state index contributed by atoms with van der Waals surface area (Å²) in [6.07, 6.45) is 0. The number of carbonyl (C=O) groups is 1. The Labute approximate surface area is 135 Å². The van der Waals surface area contributed by atoms with Gasteiger partial charge in [0.2, 0.25) is 5.91 Å². The zero-order valence-corrected chi connectivity index (χ0v) is 13.6. The predicted molar refractivity (Wildman–Crippen MR) is 86.5 cm³/mol. The minimum absolute atomic E-state index is 0.143. The molecule has 2 aromatic rings. The highest BCUT2D eigenvalue weighted by Crippen LogP contribution is 2.16. The van der Waals surface area contributed by atoms with Gasteiger partial charge in [-0.05, 0) is 36.8 Å². The molecule has 116 valence electrons. The Bertz CT molecular complexity index is 743. The highest BCUT2D eigenvalue weighted by molar-refractivity contribution is 7.92. The number of rotatable bonds is 5. The molecule has 22 heavy (non-hydrogen) atoms. The van der Waals surface area contributed by atoms with Gasteiger partial charge in [0, 0.05) is 5.02 Å². The number of carbonyl (C=O) groups excluding carboxylic acids is 1. The fourth-order valence-corrected chi connectivity index (χ4v) is 3.29. The van der Waals surface area contributed by atoms with Gasteiger partial charge in [0.1, 0.15) is 5.75 Å². The highest BCUT2D eigenvalue weighted by atomic mass is 35.5. The second kappa shape index (κ2) is 6.94. The van der Waals surface area contributed by atoms with Crippen molar-refractivity contribution in [1.82, 2.24) is 5.32 Å². The fourth-order valence-electron chi connectivity index (χ4n) is 2.00. The van der Waals surface area contributed by atoms with Crippen LogP contribution in [0.3, 0.4) is 0 Å². The Morgan fingerprint density at radius 1 is 1.09 bits per heavy atom. The molecular formula is C16H16ClNO3S. The van der Waals surface area contributed by atoms with Crippen molar-refractivity contribution in [3.8, 4) is 0 Å². The normalized spacial score (nSPS) is 12.6. The monoisotopic (exact) mass is 337 g/mol. The smallest absolute Gasteiger partial charge is 0.236 e. The Morgan fingerprint density at radius 3 is 2.27 bits per heavy atom. The SMILES string of the molecule is CC(NC(=O)CS(=O)(=O)c1ccccc1)c1ccc(Cl)cc1. The lowest BCUT2D eigenvalue weighted by atomic mass is 10.1. The number of hydrogen-bond donors (Lipinski definition) is 1. The van der Waals surface area contributed by atoms with E-state index < -0.39 is 21.5 Å². The first-order valence-electron chi connectivity index (χ1n) is 6.71. The van der Waals surface area contributed by atoms with Gasteiger partial charge in [0.05, 0.1) is 10.9 Å². The quantitative estimate of drug-likeness (QED) is 0.912. The number of halogens is 1. The molecule has 1 unspecified atom stereocenters. The van der Waals surface area contributed by atoms with Crippen LogP contribution in [0.25, 0.3) is 0 Å². The molecule has 0 fully saturated rings. The Balaban J connectivity index is 2.02. The van der Waals surface area contributed by atoms with E-state index in [2.05, 4.69) is 5.32 Å². The Kier molecular flexibility index (Phi) is 5.21. The number of hydrogen-bond acceptors (Lipinski definition) is 3. The van der Waals surface area contributed by atoms with Gasteiger partial charge in [-0.2, -0.15) is 0 Å². The minimum Gasteiger partial charge on any atom is -0.349 e. The molecule has 2 rings (SSSR count). The van der Waals surface area contributed by atoms with Gasteiger partial charge in [-0.3, -0.25) is 4.79 Å². The van der Waals surface area contributed by atoms with Gasteiger partial charge < -0.3 is 5.32 Å². The lowest BCUT2D eigenvalue weighted by Crippen LogP contribution is -2.32. The van der Waals surface area contributed by atoms with E-state index in [0.717, 1.165) is 5.56 Å². The van der Waals surface area contributed by atoms with Crippen LogP contribution in [0.5, 0.6) is 0 Å². The van der Waals surface area contributed by atoms with Crippen LogP contribution in [-0.2, 0) is 14.6 Å². The molecule has 0 aromatic heterocycles. The maximum absolute atomic E-state index is 12.1. The van der Waals surface area contributed by atoms with Crippen LogP contribution in [0.15, 0.2) is 59.5 Å². The van der Waals surface area contributed by atoms with Crippen molar-refractivity contribution >= 4 is 27.3 Å². The van der Waals surface area contributed by atoms with E-state index in [1.807, 2.05) is 0 Å². The summed E-state index contributed by atoms with van der Waals surface area (Å²) in [5, 5.41) is 3.29. The summed E-state index contributed by atoms with van der Waals surface area (Å²) in [6, 6.07) is 14.7. The van der Waals surface area contributed by atoms with Crippen LogP contribution in [-0.4, -0.2) is 20.1 Å². The molecule has 6 heteroatoms. The van der Waals surface area contributed by atoms with Crippen LogP contribution in [0.2, 0.25) is 5.02 Å². The van der Waals surface area contributed by atoms with Crippen molar-refractivity contribution in [2.24, 2.45) is 0 Å². The maximum Gasteiger partial charge on any atom is 0.236 e. The maximum atomic E-state index is 12.1. The molecule has 0 spiro atoms. The van der Waals surface area contributed by atoms with E-state index in [9.17, 15) is 13.2 Å². The van der Waals surface area contributed by atoms with Gasteiger partial charge in [-0.1, -0.05) is 41.9 Å². The third kappa shape index (κ3) is 4.32. The van der Waals surface area contributed by atoms with E-state index in [0.29, 0.717) is 5.02 Å². The third-order valence-electron chi connectivity index (χ3n) is 3.17. The lowest BCUT2D eigenvalue weighted by molar-refractivity contribution is -0.119. The van der Waals surface area contributed by atoms with E-state index in [1.54, 1.807) is 49.4 Å². The van der Waals surface area contributed by atoms with Crippen LogP contribution in [0.4, 0.5) is 0 Å². The van der Waals surface area contributed by atoms with E-state index >= 15 is 0 Å². The molecule has 0 aliphatic rings. The molecular weight excluding hydrogens is 322 g/mol. The second-order valence-electron chi connectivity index (χ2n) is 4.91. The van der Waals surface area contributed by atoms with Crippen LogP contribution >= 0.6 is 11.6 Å². The van der Waals surface area contributed by atoms with Crippen molar-refractivity contribution in [3.05, 3.63) is 65.2 Å². The second-order valence-corrected chi connectivity index (χ2v) is 7.34. The molecule has 4 nitrogen and oxygen atoms in total. The molecule has 0 heterocycles. The number of benzene rings is 2. The number of nitrogens with one attached hydrogen (secondary N) is 1. The Morgan fingerprint density at radius 2 is 1.68 bits per heavy atom. The van der Waals surface area contributed by atoms with E-state index in [-0.39, 0.29) is 10.9 Å². The fraction of sp³-hybridized carbons (Fsp3) is 0.188. The summed E-state index contributed by atoms with van der Waals surface area (Å²) in [4.78, 5) is 12.1. The zero-order chi connectivity index (χ0) is 16.2. The number of sulfone groups is 1. The molecule has 1 N–H and O–H groups in total.